The van der Waals surface area contributed by atoms with Crippen LogP contribution in [0, 0.1) is 5.92 Å². The van der Waals surface area contributed by atoms with Crippen molar-refractivity contribution in [1.29, 1.82) is 0 Å². The van der Waals surface area contributed by atoms with Crippen LogP contribution in [-0.4, -0.2) is 19.1 Å². The number of carbonyl (C=O) groups is 1. The number of hydrogen-bond acceptors (Lipinski definition) is 3. The Morgan fingerprint density at radius 1 is 1.19 bits per heavy atom. The summed E-state index contributed by atoms with van der Waals surface area (Å²) in [4.78, 5) is 11.4. The number of rotatable bonds is 6. The number of nitrogens with one attached hydrogen (secondary N) is 1. The minimum absolute atomic E-state index is 0. The zero-order chi connectivity index (χ0) is 14.2. The lowest BCUT2D eigenvalue weighted by atomic mass is 9.90. The molecular formula is C16H25ClN2O2. The average molecular weight is 313 g/mol. The first kappa shape index (κ1) is 17.8. The lowest BCUT2D eigenvalue weighted by molar-refractivity contribution is -0.116. The molecule has 118 valence electrons. The van der Waals surface area contributed by atoms with E-state index in [1.54, 1.807) is 0 Å². The molecule has 0 aromatic heterocycles. The molecule has 0 unspecified atom stereocenters. The Balaban J connectivity index is 0.00000220. The number of nitrogens with two attached hydrogens (primary N) is 1. The molecule has 5 heteroatoms. The minimum atomic E-state index is -0.0524. The maximum absolute atomic E-state index is 11.4. The van der Waals surface area contributed by atoms with Gasteiger partial charge in [-0.05, 0) is 43.0 Å². The van der Waals surface area contributed by atoms with Crippen molar-refractivity contribution in [3.63, 3.8) is 0 Å². The highest BCUT2D eigenvalue weighted by atomic mass is 35.5. The van der Waals surface area contributed by atoms with E-state index >= 15 is 0 Å². The van der Waals surface area contributed by atoms with Gasteiger partial charge >= 0.3 is 0 Å². The first-order valence-corrected chi connectivity index (χ1v) is 7.50. The van der Waals surface area contributed by atoms with Gasteiger partial charge in [0.2, 0.25) is 5.91 Å². The Morgan fingerprint density at radius 3 is 2.48 bits per heavy atom. The first-order chi connectivity index (χ1) is 9.78. The van der Waals surface area contributed by atoms with Crippen LogP contribution in [0.3, 0.4) is 0 Å². The molecule has 4 nitrogen and oxygen atoms in total. The molecule has 0 atom stereocenters. The monoisotopic (exact) mass is 312 g/mol. The summed E-state index contributed by atoms with van der Waals surface area (Å²) in [5, 5.41) is 2.80. The highest BCUT2D eigenvalue weighted by Crippen LogP contribution is 2.25. The summed E-state index contributed by atoms with van der Waals surface area (Å²) in [5.74, 6) is 1.52. The van der Waals surface area contributed by atoms with Crippen LogP contribution in [-0.2, 0) is 4.79 Å². The molecule has 0 heterocycles. The second kappa shape index (κ2) is 9.64. The van der Waals surface area contributed by atoms with Crippen molar-refractivity contribution >= 4 is 24.0 Å². The van der Waals surface area contributed by atoms with E-state index in [9.17, 15) is 4.79 Å². The molecule has 1 aromatic rings. The van der Waals surface area contributed by atoms with Crippen molar-refractivity contribution < 1.29 is 9.53 Å². The van der Waals surface area contributed by atoms with Crippen LogP contribution in [0.1, 0.15) is 38.5 Å². The Labute approximate surface area is 132 Å². The maximum Gasteiger partial charge on any atom is 0.225 e. The smallest absolute Gasteiger partial charge is 0.225 e. The summed E-state index contributed by atoms with van der Waals surface area (Å²) in [5.41, 5.74) is 6.12. The van der Waals surface area contributed by atoms with Crippen molar-refractivity contribution in [2.24, 2.45) is 11.7 Å². The summed E-state index contributed by atoms with van der Waals surface area (Å²) in [6.45, 7) is 1.17. The third-order valence-corrected chi connectivity index (χ3v) is 3.72. The van der Waals surface area contributed by atoms with Crippen LogP contribution in [0.5, 0.6) is 5.75 Å². The molecule has 0 saturated heterocycles. The summed E-state index contributed by atoms with van der Waals surface area (Å²) >= 11 is 0. The molecule has 21 heavy (non-hydrogen) atoms. The van der Waals surface area contributed by atoms with Crippen LogP contribution < -0.4 is 15.8 Å². The van der Waals surface area contributed by atoms with Gasteiger partial charge in [0.25, 0.3) is 0 Å². The zero-order valence-electron chi connectivity index (χ0n) is 12.3. The Hall–Kier alpha value is -1.26. The second-order valence-electron chi connectivity index (χ2n) is 5.43. The molecule has 0 spiro atoms. The second-order valence-corrected chi connectivity index (χ2v) is 5.43. The van der Waals surface area contributed by atoms with Crippen molar-refractivity contribution in [2.75, 3.05) is 18.5 Å². The minimum Gasteiger partial charge on any atom is -0.493 e. The number of anilines is 1. The van der Waals surface area contributed by atoms with Crippen molar-refractivity contribution in [1.82, 2.24) is 0 Å². The van der Waals surface area contributed by atoms with Crippen LogP contribution in [0.15, 0.2) is 24.3 Å². The van der Waals surface area contributed by atoms with E-state index in [4.69, 9.17) is 10.5 Å². The largest absolute Gasteiger partial charge is 0.493 e. The van der Waals surface area contributed by atoms with Gasteiger partial charge in [0.15, 0.2) is 0 Å². The van der Waals surface area contributed by atoms with Gasteiger partial charge in [-0.15, -0.1) is 12.4 Å². The van der Waals surface area contributed by atoms with Gasteiger partial charge in [-0.3, -0.25) is 4.79 Å². The lowest BCUT2D eigenvalue weighted by Crippen LogP contribution is -2.16. The molecule has 0 radical (unpaired) electrons. The third-order valence-electron chi connectivity index (χ3n) is 3.72. The Bertz CT molecular complexity index is 417. The fourth-order valence-corrected chi connectivity index (χ4v) is 2.56. The van der Waals surface area contributed by atoms with Crippen LogP contribution in [0.25, 0.3) is 0 Å². The molecule has 1 fully saturated rings. The summed E-state index contributed by atoms with van der Waals surface area (Å²) < 4.78 is 5.82. The highest BCUT2D eigenvalue weighted by molar-refractivity contribution is 5.90. The van der Waals surface area contributed by atoms with Crippen LogP contribution in [0.2, 0.25) is 0 Å². The number of hydrogen-bond donors (Lipinski definition) is 2. The first-order valence-electron chi connectivity index (χ1n) is 7.50. The van der Waals surface area contributed by atoms with E-state index < -0.39 is 0 Å². The van der Waals surface area contributed by atoms with Gasteiger partial charge in [-0.25, -0.2) is 0 Å². The summed E-state index contributed by atoms with van der Waals surface area (Å²) in [6, 6.07) is 7.54. The molecule has 2 rings (SSSR count). The van der Waals surface area contributed by atoms with E-state index in [1.807, 2.05) is 24.3 Å². The molecule has 1 aliphatic carbocycles. The van der Waals surface area contributed by atoms with E-state index in [2.05, 4.69) is 5.32 Å². The van der Waals surface area contributed by atoms with E-state index in [0.717, 1.165) is 18.0 Å². The number of carbonyl (C=O) groups excluding carboxylic acids is 1. The molecule has 1 amide bonds. The normalized spacial score (nSPS) is 15.1. The number of benzene rings is 1. The summed E-state index contributed by atoms with van der Waals surface area (Å²) in [6.07, 6.45) is 6.95. The maximum atomic E-state index is 11.4. The van der Waals surface area contributed by atoms with Gasteiger partial charge in [0.05, 0.1) is 6.61 Å². The van der Waals surface area contributed by atoms with Gasteiger partial charge < -0.3 is 15.8 Å². The van der Waals surface area contributed by atoms with Crippen molar-refractivity contribution in [2.45, 2.75) is 38.5 Å². The lowest BCUT2D eigenvalue weighted by Gasteiger charge is -2.21. The van der Waals surface area contributed by atoms with E-state index in [-0.39, 0.29) is 18.3 Å². The molecule has 0 bridgehead atoms. The molecule has 1 saturated carbocycles. The van der Waals surface area contributed by atoms with Gasteiger partial charge in [0, 0.05) is 18.7 Å². The fourth-order valence-electron chi connectivity index (χ4n) is 2.56. The van der Waals surface area contributed by atoms with E-state index in [1.165, 1.54) is 32.1 Å². The Morgan fingerprint density at radius 2 is 1.86 bits per heavy atom. The summed E-state index contributed by atoms with van der Waals surface area (Å²) in [7, 11) is 0. The quantitative estimate of drug-likeness (QED) is 0.846. The SMILES string of the molecule is Cl.NCCC(=O)Nc1ccc(OCC2CCCCC2)cc1. The highest BCUT2D eigenvalue weighted by Gasteiger charge is 2.13. The third kappa shape index (κ3) is 6.36. The van der Waals surface area contributed by atoms with E-state index in [0.29, 0.717) is 18.9 Å². The van der Waals surface area contributed by atoms with Gasteiger partial charge in [-0.2, -0.15) is 0 Å². The van der Waals surface area contributed by atoms with Crippen molar-refractivity contribution in [3.8, 4) is 5.75 Å². The standard InChI is InChI=1S/C16H24N2O2.ClH/c17-11-10-16(19)18-14-6-8-15(9-7-14)20-12-13-4-2-1-3-5-13;/h6-9,13H,1-5,10-12,17H2,(H,18,19);1H. The Kier molecular flexibility index (Phi) is 8.16. The molecule has 3 N–H and O–H groups in total. The molecule has 1 aliphatic rings. The average Bonchev–Trinajstić information content (AvgIpc) is 2.48. The fraction of sp³-hybridized carbons (Fsp3) is 0.562. The molecular weight excluding hydrogens is 288 g/mol. The molecule has 1 aromatic carbocycles. The van der Waals surface area contributed by atoms with Crippen LogP contribution >= 0.6 is 12.4 Å². The number of amides is 1. The van der Waals surface area contributed by atoms with Gasteiger partial charge in [-0.1, -0.05) is 19.3 Å². The van der Waals surface area contributed by atoms with Crippen molar-refractivity contribution in [3.05, 3.63) is 24.3 Å². The molecule has 0 aliphatic heterocycles. The van der Waals surface area contributed by atoms with Crippen LogP contribution in [0.4, 0.5) is 5.69 Å². The predicted octanol–water partition coefficient (Wildman–Crippen LogP) is 3.35. The predicted molar refractivity (Wildman–Crippen MR) is 88.1 cm³/mol. The number of ether oxygens (including phenoxy) is 1. The van der Waals surface area contributed by atoms with Gasteiger partial charge in [0.1, 0.15) is 5.75 Å². The zero-order valence-corrected chi connectivity index (χ0v) is 13.2. The topological polar surface area (TPSA) is 64.4 Å². The number of halogens is 1.